The maximum atomic E-state index is 4.70. The van der Waals surface area contributed by atoms with Crippen LogP contribution in [-0.2, 0) is 0 Å². The van der Waals surface area contributed by atoms with Crippen LogP contribution in [0.15, 0.2) is 48.8 Å². The fourth-order valence-corrected chi connectivity index (χ4v) is 3.15. The molecule has 0 atom stereocenters. The molecule has 0 aliphatic heterocycles. The zero-order valence-corrected chi connectivity index (χ0v) is 15.2. The van der Waals surface area contributed by atoms with E-state index in [1.165, 1.54) is 11.3 Å². The minimum Gasteiger partial charge on any atom is -0.338 e. The number of aromatic nitrogens is 5. The Balaban J connectivity index is 1.65. The molecular formula is C18H17N7S. The quantitative estimate of drug-likeness (QED) is 0.540. The number of anilines is 4. The summed E-state index contributed by atoms with van der Waals surface area (Å²) in [6, 6.07) is 11.4. The minimum atomic E-state index is 0.353. The van der Waals surface area contributed by atoms with Gasteiger partial charge in [-0.1, -0.05) is 31.3 Å². The summed E-state index contributed by atoms with van der Waals surface area (Å²) < 4.78 is 0. The van der Waals surface area contributed by atoms with Crippen molar-refractivity contribution in [1.82, 2.24) is 25.1 Å². The average molecular weight is 363 g/mol. The first-order chi connectivity index (χ1) is 12.7. The molecule has 0 saturated heterocycles. The molecule has 26 heavy (non-hydrogen) atoms. The average Bonchev–Trinajstić information content (AvgIpc) is 3.12. The molecule has 2 N–H and O–H groups in total. The molecule has 4 aromatic rings. The molecule has 0 bridgehead atoms. The maximum absolute atomic E-state index is 4.70. The highest BCUT2D eigenvalue weighted by molar-refractivity contribution is 7.15. The van der Waals surface area contributed by atoms with Crippen molar-refractivity contribution in [2.24, 2.45) is 0 Å². The first kappa shape index (κ1) is 16.3. The van der Waals surface area contributed by atoms with E-state index < -0.39 is 0 Å². The van der Waals surface area contributed by atoms with Crippen LogP contribution in [0.5, 0.6) is 0 Å². The van der Waals surface area contributed by atoms with E-state index in [9.17, 15) is 0 Å². The number of pyridine rings is 3. The van der Waals surface area contributed by atoms with Crippen LogP contribution >= 0.6 is 11.3 Å². The first-order valence-corrected chi connectivity index (χ1v) is 9.05. The summed E-state index contributed by atoms with van der Waals surface area (Å²) in [4.78, 5) is 13.4. The Bertz CT molecular complexity index is 1030. The fraction of sp³-hybridized carbons (Fsp3) is 0.167. The van der Waals surface area contributed by atoms with Gasteiger partial charge in [-0.3, -0.25) is 4.98 Å². The smallest absolute Gasteiger partial charge is 0.211 e. The van der Waals surface area contributed by atoms with Gasteiger partial charge >= 0.3 is 0 Å². The number of nitrogens with zero attached hydrogens (tertiary/aromatic N) is 5. The van der Waals surface area contributed by atoms with Gasteiger partial charge in [0.1, 0.15) is 22.2 Å². The lowest BCUT2D eigenvalue weighted by Gasteiger charge is -2.09. The third kappa shape index (κ3) is 3.45. The van der Waals surface area contributed by atoms with Crippen LogP contribution in [0.1, 0.15) is 24.8 Å². The molecule has 0 aromatic carbocycles. The van der Waals surface area contributed by atoms with E-state index >= 15 is 0 Å². The van der Waals surface area contributed by atoms with Crippen molar-refractivity contribution in [2.45, 2.75) is 19.8 Å². The second-order valence-electron chi connectivity index (χ2n) is 5.99. The molecule has 0 aliphatic rings. The fourth-order valence-electron chi connectivity index (χ4n) is 2.40. The Morgan fingerprint density at radius 2 is 1.81 bits per heavy atom. The molecule has 0 unspecified atom stereocenters. The highest BCUT2D eigenvalue weighted by atomic mass is 32.1. The van der Waals surface area contributed by atoms with E-state index in [0.29, 0.717) is 11.7 Å². The van der Waals surface area contributed by atoms with Gasteiger partial charge in [0.05, 0.1) is 11.2 Å². The minimum absolute atomic E-state index is 0.353. The summed E-state index contributed by atoms with van der Waals surface area (Å²) >= 11 is 1.53. The summed E-state index contributed by atoms with van der Waals surface area (Å²) in [5, 5.41) is 16.6. The van der Waals surface area contributed by atoms with Gasteiger partial charge < -0.3 is 10.6 Å². The lowest BCUT2D eigenvalue weighted by molar-refractivity contribution is 0.825. The van der Waals surface area contributed by atoms with Gasteiger partial charge in [-0.15, -0.1) is 10.2 Å². The summed E-state index contributed by atoms with van der Waals surface area (Å²) in [5.41, 5.74) is 2.41. The summed E-state index contributed by atoms with van der Waals surface area (Å²) in [5.74, 6) is 1.80. The molecule has 7 nitrogen and oxygen atoms in total. The van der Waals surface area contributed by atoms with Crippen LogP contribution in [-0.4, -0.2) is 25.1 Å². The van der Waals surface area contributed by atoms with Gasteiger partial charge in [0.2, 0.25) is 5.13 Å². The predicted molar refractivity (Wildman–Crippen MR) is 104 cm³/mol. The van der Waals surface area contributed by atoms with Gasteiger partial charge in [0.25, 0.3) is 0 Å². The van der Waals surface area contributed by atoms with Gasteiger partial charge in [0, 0.05) is 18.3 Å². The maximum Gasteiger partial charge on any atom is 0.211 e. The molecule has 4 heterocycles. The Morgan fingerprint density at radius 3 is 2.58 bits per heavy atom. The largest absolute Gasteiger partial charge is 0.338 e. The SMILES string of the molecule is CC(C)c1nnc(Nc2ccc3nccc(Nc4ccccn4)c3n2)s1. The zero-order chi connectivity index (χ0) is 17.9. The number of rotatable bonds is 5. The lowest BCUT2D eigenvalue weighted by Crippen LogP contribution is -1.98. The van der Waals surface area contributed by atoms with Crippen molar-refractivity contribution in [3.8, 4) is 0 Å². The van der Waals surface area contributed by atoms with Crippen LogP contribution in [0, 0.1) is 0 Å². The Morgan fingerprint density at radius 1 is 0.885 bits per heavy atom. The second-order valence-corrected chi connectivity index (χ2v) is 7.00. The van der Waals surface area contributed by atoms with E-state index in [0.717, 1.165) is 32.7 Å². The van der Waals surface area contributed by atoms with Crippen LogP contribution in [0.2, 0.25) is 0 Å². The van der Waals surface area contributed by atoms with E-state index in [1.807, 2.05) is 36.4 Å². The predicted octanol–water partition coefficient (Wildman–Crippen LogP) is 4.49. The first-order valence-electron chi connectivity index (χ1n) is 8.23. The van der Waals surface area contributed by atoms with Crippen LogP contribution in [0.4, 0.5) is 22.5 Å². The molecule has 0 fully saturated rings. The number of fused-ring (bicyclic) bond motifs is 1. The summed E-state index contributed by atoms with van der Waals surface area (Å²) in [6.07, 6.45) is 3.50. The van der Waals surface area contributed by atoms with Gasteiger partial charge in [0.15, 0.2) is 0 Å². The van der Waals surface area contributed by atoms with Gasteiger partial charge in [-0.05, 0) is 30.3 Å². The molecule has 4 rings (SSSR count). The molecule has 8 heteroatoms. The molecular weight excluding hydrogens is 346 g/mol. The third-order valence-corrected chi connectivity index (χ3v) is 4.82. The number of nitrogens with one attached hydrogen (secondary N) is 2. The Hall–Kier alpha value is -3.13. The number of hydrogen-bond acceptors (Lipinski definition) is 8. The normalized spacial score (nSPS) is 11.0. The highest BCUT2D eigenvalue weighted by Gasteiger charge is 2.10. The van der Waals surface area contributed by atoms with Crippen molar-refractivity contribution in [1.29, 1.82) is 0 Å². The van der Waals surface area contributed by atoms with Gasteiger partial charge in [-0.25, -0.2) is 9.97 Å². The summed E-state index contributed by atoms with van der Waals surface area (Å²) in [7, 11) is 0. The van der Waals surface area contributed by atoms with Crippen molar-refractivity contribution in [2.75, 3.05) is 10.6 Å². The monoisotopic (exact) mass is 363 g/mol. The second kappa shape index (κ2) is 7.01. The standard InChI is InChI=1S/C18H17N7S/c1-11(2)17-24-25-18(26-17)23-15-7-6-12-16(22-15)13(8-10-19-12)21-14-5-3-4-9-20-14/h3-11H,1-2H3,(H,19,20,21)(H,22,23,25). The van der Waals surface area contributed by atoms with Gasteiger partial charge in [-0.2, -0.15) is 0 Å². The molecule has 0 radical (unpaired) electrons. The lowest BCUT2D eigenvalue weighted by atomic mass is 10.2. The van der Waals surface area contributed by atoms with Crippen molar-refractivity contribution in [3.05, 3.63) is 53.8 Å². The van der Waals surface area contributed by atoms with Crippen LogP contribution in [0.3, 0.4) is 0 Å². The molecule has 0 spiro atoms. The highest BCUT2D eigenvalue weighted by Crippen LogP contribution is 2.27. The topological polar surface area (TPSA) is 88.5 Å². The third-order valence-electron chi connectivity index (χ3n) is 3.68. The van der Waals surface area contributed by atoms with Crippen molar-refractivity contribution >= 4 is 44.8 Å². The molecule has 0 saturated carbocycles. The van der Waals surface area contributed by atoms with Crippen molar-refractivity contribution in [3.63, 3.8) is 0 Å². The van der Waals surface area contributed by atoms with E-state index in [1.54, 1.807) is 12.4 Å². The van der Waals surface area contributed by atoms with Crippen molar-refractivity contribution < 1.29 is 0 Å². The molecule has 130 valence electrons. The van der Waals surface area contributed by atoms with E-state index in [2.05, 4.69) is 44.6 Å². The van der Waals surface area contributed by atoms with Crippen LogP contribution in [0.25, 0.3) is 11.0 Å². The Labute approximate surface area is 154 Å². The van der Waals surface area contributed by atoms with Crippen LogP contribution < -0.4 is 10.6 Å². The molecule has 0 amide bonds. The van der Waals surface area contributed by atoms with E-state index in [4.69, 9.17) is 4.98 Å². The van der Waals surface area contributed by atoms with E-state index in [-0.39, 0.29) is 0 Å². The summed E-state index contributed by atoms with van der Waals surface area (Å²) in [6.45, 7) is 4.19. The Kier molecular flexibility index (Phi) is 4.40. The molecule has 4 aromatic heterocycles. The molecule has 0 aliphatic carbocycles. The zero-order valence-electron chi connectivity index (χ0n) is 14.3. The number of hydrogen-bond donors (Lipinski definition) is 2.